The zero-order chi connectivity index (χ0) is 11.8. The number of nitrogens with zero attached hydrogens (tertiary/aromatic N) is 1. The summed E-state index contributed by atoms with van der Waals surface area (Å²) in [5, 5.41) is 0. The van der Waals surface area contributed by atoms with Crippen molar-refractivity contribution in [3.8, 4) is 0 Å². The molecule has 1 rings (SSSR count). The van der Waals surface area contributed by atoms with Gasteiger partial charge in [0.25, 0.3) is 0 Å². The van der Waals surface area contributed by atoms with E-state index in [1.165, 1.54) is 45.2 Å². The highest BCUT2D eigenvalue weighted by molar-refractivity contribution is 5.78. The van der Waals surface area contributed by atoms with Crippen LogP contribution in [-0.4, -0.2) is 30.3 Å². The lowest BCUT2D eigenvalue weighted by atomic mass is 9.91. The monoisotopic (exact) mass is 225 g/mol. The molecule has 0 bridgehead atoms. The average molecular weight is 225 g/mol. The second-order valence-electron chi connectivity index (χ2n) is 5.07. The van der Waals surface area contributed by atoms with Crippen molar-refractivity contribution in [1.29, 1.82) is 0 Å². The molecule has 0 spiro atoms. The highest BCUT2D eigenvalue weighted by Gasteiger charge is 2.18. The minimum Gasteiger partial charge on any atom is -0.303 e. The van der Waals surface area contributed by atoms with E-state index in [-0.39, 0.29) is 0 Å². The molecule has 0 atom stereocenters. The van der Waals surface area contributed by atoms with Crippen LogP contribution in [0.4, 0.5) is 0 Å². The number of likely N-dealkylation sites (tertiary alicyclic amines) is 1. The predicted molar refractivity (Wildman–Crippen MR) is 68.6 cm³/mol. The standard InChI is InChI=1S/C14H27NO/c1-3-5-6-13-7-10-15(11-8-13)12-9-14(16)4-2/h13H,3-12H2,1-2H3. The van der Waals surface area contributed by atoms with Crippen molar-refractivity contribution in [3.05, 3.63) is 0 Å². The maximum atomic E-state index is 11.2. The van der Waals surface area contributed by atoms with Crippen molar-refractivity contribution >= 4 is 5.78 Å². The van der Waals surface area contributed by atoms with E-state index in [4.69, 9.17) is 0 Å². The molecule has 94 valence electrons. The van der Waals surface area contributed by atoms with Gasteiger partial charge in [0.05, 0.1) is 0 Å². The van der Waals surface area contributed by atoms with Gasteiger partial charge in [-0.1, -0.05) is 33.1 Å². The van der Waals surface area contributed by atoms with E-state index in [0.29, 0.717) is 12.2 Å². The fourth-order valence-electron chi connectivity index (χ4n) is 2.45. The second-order valence-corrected chi connectivity index (χ2v) is 5.07. The van der Waals surface area contributed by atoms with Gasteiger partial charge < -0.3 is 4.90 Å². The molecule has 1 fully saturated rings. The molecule has 16 heavy (non-hydrogen) atoms. The Morgan fingerprint density at radius 3 is 2.50 bits per heavy atom. The Labute approximate surface area is 100 Å². The summed E-state index contributed by atoms with van der Waals surface area (Å²) >= 11 is 0. The summed E-state index contributed by atoms with van der Waals surface area (Å²) in [6.45, 7) is 7.65. The molecule has 0 amide bonds. The molecule has 0 N–H and O–H groups in total. The Balaban J connectivity index is 2.09. The van der Waals surface area contributed by atoms with E-state index in [1.54, 1.807) is 0 Å². The second kappa shape index (κ2) is 7.83. The fourth-order valence-corrected chi connectivity index (χ4v) is 2.45. The number of rotatable bonds is 7. The molecule has 1 heterocycles. The van der Waals surface area contributed by atoms with E-state index in [2.05, 4.69) is 11.8 Å². The third-order valence-corrected chi connectivity index (χ3v) is 3.77. The van der Waals surface area contributed by atoms with E-state index in [0.717, 1.165) is 18.9 Å². The molecule has 0 aromatic rings. The molecule has 0 aliphatic carbocycles. The lowest BCUT2D eigenvalue weighted by molar-refractivity contribution is -0.119. The number of ketones is 1. The molecular weight excluding hydrogens is 198 g/mol. The topological polar surface area (TPSA) is 20.3 Å². The number of unbranched alkanes of at least 4 members (excludes halogenated alkanes) is 1. The lowest BCUT2D eigenvalue weighted by Crippen LogP contribution is -2.35. The maximum absolute atomic E-state index is 11.2. The van der Waals surface area contributed by atoms with Crippen molar-refractivity contribution in [1.82, 2.24) is 4.90 Å². The maximum Gasteiger partial charge on any atom is 0.133 e. The first-order valence-corrected chi connectivity index (χ1v) is 7.00. The zero-order valence-electron chi connectivity index (χ0n) is 11.0. The van der Waals surface area contributed by atoms with Gasteiger partial charge >= 0.3 is 0 Å². The Hall–Kier alpha value is -0.370. The quantitative estimate of drug-likeness (QED) is 0.663. The minimum atomic E-state index is 0.410. The summed E-state index contributed by atoms with van der Waals surface area (Å²) in [5.41, 5.74) is 0. The van der Waals surface area contributed by atoms with Crippen molar-refractivity contribution in [2.45, 2.75) is 58.8 Å². The van der Waals surface area contributed by atoms with Crippen LogP contribution >= 0.6 is 0 Å². The Bertz CT molecular complexity index is 195. The number of hydrogen-bond acceptors (Lipinski definition) is 2. The molecule has 0 aromatic carbocycles. The minimum absolute atomic E-state index is 0.410. The van der Waals surface area contributed by atoms with Crippen LogP contribution in [0.5, 0.6) is 0 Å². The molecule has 0 unspecified atom stereocenters. The number of Topliss-reactive ketones (excluding diaryl/α,β-unsaturated/α-hetero) is 1. The molecule has 1 saturated heterocycles. The third kappa shape index (κ3) is 5.11. The van der Waals surface area contributed by atoms with Crippen LogP contribution < -0.4 is 0 Å². The first-order valence-electron chi connectivity index (χ1n) is 7.00. The summed E-state index contributed by atoms with van der Waals surface area (Å²) in [6, 6.07) is 0. The number of carbonyl (C=O) groups excluding carboxylic acids is 1. The average Bonchev–Trinajstić information content (AvgIpc) is 2.34. The van der Waals surface area contributed by atoms with E-state index in [9.17, 15) is 4.79 Å². The van der Waals surface area contributed by atoms with Crippen LogP contribution in [0.1, 0.15) is 58.8 Å². The molecule has 1 aliphatic heterocycles. The smallest absolute Gasteiger partial charge is 0.133 e. The summed E-state index contributed by atoms with van der Waals surface area (Å²) in [6.07, 6.45) is 8.28. The van der Waals surface area contributed by atoms with Gasteiger partial charge in [-0.3, -0.25) is 4.79 Å². The Kier molecular flexibility index (Phi) is 6.70. The summed E-state index contributed by atoms with van der Waals surface area (Å²) in [4.78, 5) is 13.7. The zero-order valence-corrected chi connectivity index (χ0v) is 11.0. The number of piperidine rings is 1. The fraction of sp³-hybridized carbons (Fsp3) is 0.929. The van der Waals surface area contributed by atoms with Crippen molar-refractivity contribution < 1.29 is 4.79 Å². The van der Waals surface area contributed by atoms with Crippen LogP contribution in [0.2, 0.25) is 0 Å². The summed E-state index contributed by atoms with van der Waals surface area (Å²) in [5.74, 6) is 1.37. The third-order valence-electron chi connectivity index (χ3n) is 3.77. The van der Waals surface area contributed by atoms with Gasteiger partial charge in [0.15, 0.2) is 0 Å². The molecule has 0 aromatic heterocycles. The number of carbonyl (C=O) groups is 1. The van der Waals surface area contributed by atoms with Gasteiger partial charge in [0, 0.05) is 19.4 Å². The molecule has 0 radical (unpaired) electrons. The van der Waals surface area contributed by atoms with Crippen LogP contribution in [0.3, 0.4) is 0 Å². The van der Waals surface area contributed by atoms with Gasteiger partial charge in [-0.05, 0) is 31.8 Å². The lowest BCUT2D eigenvalue weighted by Gasteiger charge is -2.31. The van der Waals surface area contributed by atoms with Crippen molar-refractivity contribution in [2.24, 2.45) is 5.92 Å². The largest absolute Gasteiger partial charge is 0.303 e. The van der Waals surface area contributed by atoms with Crippen molar-refractivity contribution in [2.75, 3.05) is 19.6 Å². The van der Waals surface area contributed by atoms with Crippen LogP contribution in [0, 0.1) is 5.92 Å². The highest BCUT2D eigenvalue weighted by atomic mass is 16.1. The van der Waals surface area contributed by atoms with E-state index in [1.807, 2.05) is 6.92 Å². The Morgan fingerprint density at radius 1 is 1.25 bits per heavy atom. The molecule has 2 heteroatoms. The number of hydrogen-bond donors (Lipinski definition) is 0. The summed E-state index contributed by atoms with van der Waals surface area (Å²) in [7, 11) is 0. The molecule has 1 aliphatic rings. The Morgan fingerprint density at radius 2 is 1.94 bits per heavy atom. The van der Waals surface area contributed by atoms with Crippen LogP contribution in [0.15, 0.2) is 0 Å². The molecule has 0 saturated carbocycles. The van der Waals surface area contributed by atoms with E-state index < -0.39 is 0 Å². The highest BCUT2D eigenvalue weighted by Crippen LogP contribution is 2.22. The first kappa shape index (κ1) is 13.7. The van der Waals surface area contributed by atoms with Gasteiger partial charge in [-0.15, -0.1) is 0 Å². The predicted octanol–water partition coefficient (Wildman–Crippen LogP) is 3.26. The van der Waals surface area contributed by atoms with Gasteiger partial charge in [0.1, 0.15) is 5.78 Å². The normalized spacial score (nSPS) is 18.9. The molecular formula is C14H27NO. The van der Waals surface area contributed by atoms with Gasteiger partial charge in [0.2, 0.25) is 0 Å². The SMILES string of the molecule is CCCCC1CCN(CCC(=O)CC)CC1. The van der Waals surface area contributed by atoms with Crippen LogP contribution in [-0.2, 0) is 4.79 Å². The van der Waals surface area contributed by atoms with Gasteiger partial charge in [-0.25, -0.2) is 0 Å². The van der Waals surface area contributed by atoms with Gasteiger partial charge in [-0.2, -0.15) is 0 Å². The molecule has 2 nitrogen and oxygen atoms in total. The van der Waals surface area contributed by atoms with Crippen LogP contribution in [0.25, 0.3) is 0 Å². The van der Waals surface area contributed by atoms with Crippen molar-refractivity contribution in [3.63, 3.8) is 0 Å². The summed E-state index contributed by atoms with van der Waals surface area (Å²) < 4.78 is 0. The van der Waals surface area contributed by atoms with E-state index >= 15 is 0 Å². The first-order chi connectivity index (χ1) is 7.76.